The average Bonchev–Trinajstić information content (AvgIpc) is 3.46. The van der Waals surface area contributed by atoms with Crippen LogP contribution in [0.3, 0.4) is 0 Å². The zero-order valence-corrected chi connectivity index (χ0v) is 15.4. The lowest BCUT2D eigenvalue weighted by Gasteiger charge is -2.22. The van der Waals surface area contributed by atoms with Gasteiger partial charge in [0.15, 0.2) is 0 Å². The molecule has 0 aliphatic carbocycles. The van der Waals surface area contributed by atoms with E-state index in [1.807, 2.05) is 53.4 Å². The second kappa shape index (κ2) is 6.63. The van der Waals surface area contributed by atoms with Crippen LogP contribution in [0.5, 0.6) is 0 Å². The number of fused-ring (bicyclic) bond motifs is 1. The molecule has 0 spiro atoms. The normalized spacial score (nSPS) is 16.9. The zero-order chi connectivity index (χ0) is 18.2. The molecule has 0 saturated carbocycles. The summed E-state index contributed by atoms with van der Waals surface area (Å²) in [7, 11) is 0. The van der Waals surface area contributed by atoms with Crippen LogP contribution in [0.2, 0.25) is 0 Å². The van der Waals surface area contributed by atoms with Gasteiger partial charge in [0.05, 0.1) is 16.3 Å². The van der Waals surface area contributed by atoms with E-state index in [1.165, 1.54) is 6.26 Å². The molecule has 5 rings (SSSR count). The molecule has 134 valence electrons. The first-order chi connectivity index (χ1) is 13.3. The number of hydrogen-bond acceptors (Lipinski definition) is 5. The Morgan fingerprint density at radius 1 is 1.11 bits per heavy atom. The molecule has 4 aromatic rings. The van der Waals surface area contributed by atoms with Crippen molar-refractivity contribution in [1.29, 1.82) is 0 Å². The number of likely N-dealkylation sites (tertiary alicyclic amines) is 1. The Morgan fingerprint density at radius 3 is 2.78 bits per heavy atom. The van der Waals surface area contributed by atoms with Crippen LogP contribution in [0, 0.1) is 0 Å². The maximum Gasteiger partial charge on any atom is 0.260 e. The lowest BCUT2D eigenvalue weighted by atomic mass is 10.1. The Hall–Kier alpha value is -2.99. The van der Waals surface area contributed by atoms with E-state index in [2.05, 4.69) is 11.2 Å². The van der Waals surface area contributed by atoms with E-state index in [0.717, 1.165) is 40.2 Å². The molecule has 2 aromatic heterocycles. The predicted octanol–water partition coefficient (Wildman–Crippen LogP) is 4.93. The first kappa shape index (κ1) is 16.2. The molecule has 3 heterocycles. The second-order valence-corrected chi connectivity index (χ2v) is 7.68. The van der Waals surface area contributed by atoms with Gasteiger partial charge in [-0.25, -0.2) is 4.98 Å². The van der Waals surface area contributed by atoms with Gasteiger partial charge in [0.25, 0.3) is 5.91 Å². The van der Waals surface area contributed by atoms with Crippen LogP contribution >= 0.6 is 11.3 Å². The second-order valence-electron chi connectivity index (χ2n) is 6.62. The van der Waals surface area contributed by atoms with E-state index < -0.39 is 0 Å². The Kier molecular flexibility index (Phi) is 3.98. The minimum atomic E-state index is -0.0446. The van der Waals surface area contributed by atoms with Crippen LogP contribution < -0.4 is 0 Å². The van der Waals surface area contributed by atoms with Crippen LogP contribution in [0.15, 0.2) is 65.4 Å². The highest BCUT2D eigenvalue weighted by Crippen LogP contribution is 2.38. The summed E-state index contributed by atoms with van der Waals surface area (Å²) in [5.41, 5.74) is 2.97. The molecule has 2 aromatic carbocycles. The molecule has 1 atom stereocenters. The van der Waals surface area contributed by atoms with Gasteiger partial charge in [-0.05, 0) is 25.0 Å². The number of rotatable bonds is 3. The van der Waals surface area contributed by atoms with E-state index in [9.17, 15) is 4.79 Å². The Morgan fingerprint density at radius 2 is 1.93 bits per heavy atom. The minimum absolute atomic E-state index is 0.00780. The molecule has 5 nitrogen and oxygen atoms in total. The predicted molar refractivity (Wildman–Crippen MR) is 105 cm³/mol. The van der Waals surface area contributed by atoms with Crippen LogP contribution in [0.1, 0.15) is 34.2 Å². The monoisotopic (exact) mass is 375 g/mol. The third-order valence-corrected chi connectivity index (χ3v) is 6.09. The van der Waals surface area contributed by atoms with Gasteiger partial charge in [0.1, 0.15) is 22.5 Å². The number of carbonyl (C=O) groups is 1. The number of aromatic nitrogens is 2. The molecule has 1 saturated heterocycles. The minimum Gasteiger partial charge on any atom is -0.363 e. The largest absolute Gasteiger partial charge is 0.363 e. The summed E-state index contributed by atoms with van der Waals surface area (Å²) >= 11 is 1.67. The standard InChI is InChI=1S/C21H17N3O2S/c25-21(15-13-26-23-19(15)14-7-2-1-3-8-14)24-12-6-10-17(24)20-22-16-9-4-5-11-18(16)27-20/h1-5,7-9,11,13,17H,6,10,12H2/t17-/m0/s1. The first-order valence-electron chi connectivity index (χ1n) is 8.97. The fourth-order valence-electron chi connectivity index (χ4n) is 3.65. The summed E-state index contributed by atoms with van der Waals surface area (Å²) in [6, 6.07) is 17.8. The number of carbonyl (C=O) groups excluding carboxylic acids is 1. The number of hydrogen-bond donors (Lipinski definition) is 0. The van der Waals surface area contributed by atoms with Crippen LogP contribution in [-0.2, 0) is 0 Å². The van der Waals surface area contributed by atoms with E-state index >= 15 is 0 Å². The Balaban J connectivity index is 1.49. The van der Waals surface area contributed by atoms with Crippen LogP contribution in [-0.4, -0.2) is 27.5 Å². The number of benzene rings is 2. The van der Waals surface area contributed by atoms with Crippen molar-refractivity contribution in [2.24, 2.45) is 0 Å². The van der Waals surface area contributed by atoms with E-state index in [0.29, 0.717) is 11.3 Å². The molecular weight excluding hydrogens is 358 g/mol. The van der Waals surface area contributed by atoms with Crippen molar-refractivity contribution >= 4 is 27.5 Å². The molecule has 0 radical (unpaired) electrons. The first-order valence-corrected chi connectivity index (χ1v) is 9.79. The molecular formula is C21H17N3O2S. The highest BCUT2D eigenvalue weighted by atomic mass is 32.1. The number of para-hydroxylation sites is 1. The van der Waals surface area contributed by atoms with Crippen molar-refractivity contribution < 1.29 is 9.32 Å². The molecule has 6 heteroatoms. The Labute approximate surface area is 160 Å². The van der Waals surface area contributed by atoms with Crippen LogP contribution in [0.25, 0.3) is 21.5 Å². The fourth-order valence-corrected chi connectivity index (χ4v) is 4.76. The fraction of sp³-hybridized carbons (Fsp3) is 0.190. The number of nitrogens with zero attached hydrogens (tertiary/aromatic N) is 3. The van der Waals surface area contributed by atoms with E-state index in [4.69, 9.17) is 9.51 Å². The topological polar surface area (TPSA) is 59.2 Å². The molecule has 27 heavy (non-hydrogen) atoms. The smallest absolute Gasteiger partial charge is 0.260 e. The van der Waals surface area contributed by atoms with Gasteiger partial charge >= 0.3 is 0 Å². The van der Waals surface area contributed by atoms with Gasteiger partial charge in [-0.1, -0.05) is 47.6 Å². The van der Waals surface area contributed by atoms with Gasteiger partial charge < -0.3 is 9.42 Å². The van der Waals surface area contributed by atoms with Crippen molar-refractivity contribution in [3.63, 3.8) is 0 Å². The van der Waals surface area contributed by atoms with E-state index in [1.54, 1.807) is 11.3 Å². The quantitative estimate of drug-likeness (QED) is 0.509. The maximum absolute atomic E-state index is 13.3. The van der Waals surface area contributed by atoms with Crippen molar-refractivity contribution in [1.82, 2.24) is 15.0 Å². The zero-order valence-electron chi connectivity index (χ0n) is 14.5. The highest BCUT2D eigenvalue weighted by Gasteiger charge is 2.34. The molecule has 0 unspecified atom stereocenters. The lowest BCUT2D eigenvalue weighted by Crippen LogP contribution is -2.30. The van der Waals surface area contributed by atoms with Crippen molar-refractivity contribution in [3.05, 3.63) is 71.4 Å². The molecule has 1 fully saturated rings. The van der Waals surface area contributed by atoms with Crippen molar-refractivity contribution in [2.75, 3.05) is 6.54 Å². The molecule has 0 N–H and O–H groups in total. The maximum atomic E-state index is 13.3. The van der Waals surface area contributed by atoms with Gasteiger partial charge in [-0.15, -0.1) is 11.3 Å². The van der Waals surface area contributed by atoms with Crippen molar-refractivity contribution in [2.45, 2.75) is 18.9 Å². The summed E-state index contributed by atoms with van der Waals surface area (Å²) in [6.45, 7) is 0.721. The summed E-state index contributed by atoms with van der Waals surface area (Å²) in [5.74, 6) is -0.0446. The molecule has 1 aliphatic heterocycles. The number of amides is 1. The summed E-state index contributed by atoms with van der Waals surface area (Å²) < 4.78 is 6.31. The van der Waals surface area contributed by atoms with Crippen molar-refractivity contribution in [3.8, 4) is 11.3 Å². The third-order valence-electron chi connectivity index (χ3n) is 4.96. The molecule has 1 aliphatic rings. The van der Waals surface area contributed by atoms with E-state index in [-0.39, 0.29) is 11.9 Å². The Bertz CT molecular complexity index is 1070. The number of thiazole rings is 1. The molecule has 1 amide bonds. The highest BCUT2D eigenvalue weighted by molar-refractivity contribution is 7.18. The summed E-state index contributed by atoms with van der Waals surface area (Å²) in [5, 5.41) is 5.08. The van der Waals surface area contributed by atoms with Gasteiger partial charge in [-0.2, -0.15) is 0 Å². The third kappa shape index (κ3) is 2.82. The van der Waals surface area contributed by atoms with Crippen LogP contribution in [0.4, 0.5) is 0 Å². The van der Waals surface area contributed by atoms with Gasteiger partial charge in [0.2, 0.25) is 0 Å². The summed E-state index contributed by atoms with van der Waals surface area (Å²) in [6.07, 6.45) is 3.36. The SMILES string of the molecule is O=C(c1conc1-c1ccccc1)N1CCC[C@H]1c1nc2ccccc2s1. The summed E-state index contributed by atoms with van der Waals surface area (Å²) in [4.78, 5) is 20.0. The average molecular weight is 375 g/mol. The lowest BCUT2D eigenvalue weighted by molar-refractivity contribution is 0.0735. The van der Waals surface area contributed by atoms with Gasteiger partial charge in [0, 0.05) is 12.1 Å². The van der Waals surface area contributed by atoms with Gasteiger partial charge in [-0.3, -0.25) is 4.79 Å². The molecule has 0 bridgehead atoms.